The molecule has 0 saturated carbocycles. The van der Waals surface area contributed by atoms with Gasteiger partial charge in [0.05, 0.1) is 13.2 Å². The SMILES string of the molecule is C=C(C)C(=O)OC1(CCCOC)CCOC1. The molecule has 0 aromatic rings. The van der Waals surface area contributed by atoms with Crippen molar-refractivity contribution in [3.63, 3.8) is 0 Å². The Morgan fingerprint density at radius 1 is 1.56 bits per heavy atom. The molecule has 0 N–H and O–H groups in total. The van der Waals surface area contributed by atoms with Crippen molar-refractivity contribution in [2.75, 3.05) is 26.9 Å². The molecule has 0 aliphatic carbocycles. The van der Waals surface area contributed by atoms with E-state index in [1.54, 1.807) is 14.0 Å². The lowest BCUT2D eigenvalue weighted by molar-refractivity contribution is -0.156. The fourth-order valence-electron chi connectivity index (χ4n) is 1.74. The molecule has 0 bridgehead atoms. The lowest BCUT2D eigenvalue weighted by Crippen LogP contribution is -2.36. The van der Waals surface area contributed by atoms with Crippen LogP contribution in [0.1, 0.15) is 26.2 Å². The monoisotopic (exact) mass is 228 g/mol. The first-order valence-electron chi connectivity index (χ1n) is 5.55. The maximum Gasteiger partial charge on any atom is 0.333 e. The quantitative estimate of drug-likeness (QED) is 0.394. The molecule has 16 heavy (non-hydrogen) atoms. The summed E-state index contributed by atoms with van der Waals surface area (Å²) in [6.45, 7) is 7.04. The van der Waals surface area contributed by atoms with Gasteiger partial charge in [0.15, 0.2) is 0 Å². The van der Waals surface area contributed by atoms with Gasteiger partial charge in [-0.05, 0) is 19.8 Å². The van der Waals surface area contributed by atoms with Crippen molar-refractivity contribution < 1.29 is 19.0 Å². The Morgan fingerprint density at radius 3 is 2.81 bits per heavy atom. The van der Waals surface area contributed by atoms with Crippen LogP contribution in [-0.4, -0.2) is 38.5 Å². The van der Waals surface area contributed by atoms with Gasteiger partial charge in [0, 0.05) is 25.7 Å². The van der Waals surface area contributed by atoms with Gasteiger partial charge >= 0.3 is 5.97 Å². The van der Waals surface area contributed by atoms with Crippen LogP contribution in [0.15, 0.2) is 12.2 Å². The number of rotatable bonds is 6. The summed E-state index contributed by atoms with van der Waals surface area (Å²) < 4.78 is 15.8. The van der Waals surface area contributed by atoms with Crippen LogP contribution >= 0.6 is 0 Å². The summed E-state index contributed by atoms with van der Waals surface area (Å²) in [5.74, 6) is -0.331. The Morgan fingerprint density at radius 2 is 2.31 bits per heavy atom. The van der Waals surface area contributed by atoms with Crippen molar-refractivity contribution >= 4 is 5.97 Å². The van der Waals surface area contributed by atoms with Crippen LogP contribution in [0.2, 0.25) is 0 Å². The average Bonchev–Trinajstić information content (AvgIpc) is 2.67. The molecule has 4 heteroatoms. The van der Waals surface area contributed by atoms with E-state index in [1.165, 1.54) is 0 Å². The summed E-state index contributed by atoms with van der Waals surface area (Å²) in [6.07, 6.45) is 2.40. The number of hydrogen-bond acceptors (Lipinski definition) is 4. The zero-order valence-corrected chi connectivity index (χ0v) is 10.1. The van der Waals surface area contributed by atoms with Crippen LogP contribution in [0.3, 0.4) is 0 Å². The minimum Gasteiger partial charge on any atom is -0.453 e. The fourth-order valence-corrected chi connectivity index (χ4v) is 1.74. The van der Waals surface area contributed by atoms with Crippen LogP contribution < -0.4 is 0 Å². The maximum absolute atomic E-state index is 11.5. The van der Waals surface area contributed by atoms with Crippen molar-refractivity contribution in [2.45, 2.75) is 31.8 Å². The second kappa shape index (κ2) is 6.01. The van der Waals surface area contributed by atoms with E-state index in [1.807, 2.05) is 0 Å². The number of esters is 1. The second-order valence-corrected chi connectivity index (χ2v) is 4.25. The highest BCUT2D eigenvalue weighted by molar-refractivity contribution is 5.87. The highest BCUT2D eigenvalue weighted by Gasteiger charge is 2.38. The molecule has 1 fully saturated rings. The summed E-state index contributed by atoms with van der Waals surface area (Å²) in [5.41, 5.74) is -0.0350. The number of carbonyl (C=O) groups is 1. The lowest BCUT2D eigenvalue weighted by Gasteiger charge is -2.27. The first-order valence-corrected chi connectivity index (χ1v) is 5.55. The van der Waals surface area contributed by atoms with Gasteiger partial charge in [-0.15, -0.1) is 0 Å². The van der Waals surface area contributed by atoms with Crippen LogP contribution in [0, 0.1) is 0 Å². The Hall–Kier alpha value is -0.870. The molecule has 1 unspecified atom stereocenters. The zero-order valence-electron chi connectivity index (χ0n) is 10.1. The molecule has 4 nitrogen and oxygen atoms in total. The number of carbonyl (C=O) groups excluding carboxylic acids is 1. The molecule has 0 spiro atoms. The number of hydrogen-bond donors (Lipinski definition) is 0. The molecule has 0 aromatic carbocycles. The Kier molecular flexibility index (Phi) is 4.96. The van der Waals surface area contributed by atoms with Crippen molar-refractivity contribution in [1.29, 1.82) is 0 Å². The van der Waals surface area contributed by atoms with Crippen molar-refractivity contribution in [1.82, 2.24) is 0 Å². The van der Waals surface area contributed by atoms with Gasteiger partial charge in [-0.25, -0.2) is 4.79 Å². The largest absolute Gasteiger partial charge is 0.453 e. The van der Waals surface area contributed by atoms with Crippen LogP contribution in [0.5, 0.6) is 0 Å². The Bertz CT molecular complexity index is 254. The van der Waals surface area contributed by atoms with Gasteiger partial charge in [-0.1, -0.05) is 6.58 Å². The third kappa shape index (κ3) is 3.61. The van der Waals surface area contributed by atoms with E-state index in [9.17, 15) is 4.79 Å². The van der Waals surface area contributed by atoms with Gasteiger partial charge in [-0.3, -0.25) is 0 Å². The first-order chi connectivity index (χ1) is 7.59. The molecule has 0 amide bonds. The van der Waals surface area contributed by atoms with Gasteiger partial charge in [0.25, 0.3) is 0 Å². The summed E-state index contributed by atoms with van der Waals surface area (Å²) in [4.78, 5) is 11.5. The molecule has 1 rings (SSSR count). The van der Waals surface area contributed by atoms with Crippen LogP contribution in [-0.2, 0) is 19.0 Å². The predicted octanol–water partition coefficient (Wildman–Crippen LogP) is 1.69. The third-order valence-corrected chi connectivity index (χ3v) is 2.71. The van der Waals surface area contributed by atoms with E-state index < -0.39 is 5.60 Å². The molecule has 1 heterocycles. The molecule has 1 aliphatic rings. The first kappa shape index (κ1) is 13.2. The summed E-state index contributed by atoms with van der Waals surface area (Å²) in [6, 6.07) is 0. The Balaban J connectivity index is 2.51. The summed E-state index contributed by atoms with van der Waals surface area (Å²) in [5, 5.41) is 0. The molecular weight excluding hydrogens is 208 g/mol. The van der Waals surface area contributed by atoms with Crippen LogP contribution in [0.4, 0.5) is 0 Å². The number of ether oxygens (including phenoxy) is 3. The van der Waals surface area contributed by atoms with Gasteiger partial charge in [0.2, 0.25) is 0 Å². The standard InChI is InChI=1S/C12H20O4/c1-10(2)11(13)16-12(5-4-7-14-3)6-8-15-9-12/h1,4-9H2,2-3H3. The topological polar surface area (TPSA) is 44.8 Å². The molecule has 1 atom stereocenters. The molecule has 1 saturated heterocycles. The lowest BCUT2D eigenvalue weighted by atomic mass is 9.96. The summed E-state index contributed by atoms with van der Waals surface area (Å²) >= 11 is 0. The fraction of sp³-hybridized carbons (Fsp3) is 0.750. The molecule has 0 radical (unpaired) electrons. The minimum absolute atomic E-state index is 0.331. The van der Waals surface area contributed by atoms with Crippen molar-refractivity contribution in [3.8, 4) is 0 Å². The van der Waals surface area contributed by atoms with Crippen molar-refractivity contribution in [2.24, 2.45) is 0 Å². The van der Waals surface area contributed by atoms with E-state index in [2.05, 4.69) is 6.58 Å². The van der Waals surface area contributed by atoms with E-state index in [0.29, 0.717) is 25.4 Å². The summed E-state index contributed by atoms with van der Waals surface area (Å²) in [7, 11) is 1.66. The van der Waals surface area contributed by atoms with Crippen molar-refractivity contribution in [3.05, 3.63) is 12.2 Å². The average molecular weight is 228 g/mol. The molecular formula is C12H20O4. The van der Waals surface area contributed by atoms with E-state index in [0.717, 1.165) is 19.3 Å². The normalized spacial score (nSPS) is 24.4. The van der Waals surface area contributed by atoms with Crippen LogP contribution in [0.25, 0.3) is 0 Å². The van der Waals surface area contributed by atoms with Gasteiger partial charge in [-0.2, -0.15) is 0 Å². The minimum atomic E-state index is -0.464. The molecule has 1 aliphatic heterocycles. The van der Waals surface area contributed by atoms with Gasteiger partial charge < -0.3 is 14.2 Å². The zero-order chi connectivity index (χ0) is 12.0. The highest BCUT2D eigenvalue weighted by Crippen LogP contribution is 2.29. The Labute approximate surface area is 96.6 Å². The van der Waals surface area contributed by atoms with Gasteiger partial charge in [0.1, 0.15) is 5.60 Å². The second-order valence-electron chi connectivity index (χ2n) is 4.25. The third-order valence-electron chi connectivity index (χ3n) is 2.71. The molecule has 0 aromatic heterocycles. The highest BCUT2D eigenvalue weighted by atomic mass is 16.6. The number of methoxy groups -OCH3 is 1. The van der Waals surface area contributed by atoms with E-state index in [-0.39, 0.29) is 5.97 Å². The maximum atomic E-state index is 11.5. The van der Waals surface area contributed by atoms with E-state index in [4.69, 9.17) is 14.2 Å². The smallest absolute Gasteiger partial charge is 0.333 e. The van der Waals surface area contributed by atoms with E-state index >= 15 is 0 Å². The predicted molar refractivity (Wildman–Crippen MR) is 60.2 cm³/mol. The molecule has 92 valence electrons.